The van der Waals surface area contributed by atoms with Gasteiger partial charge in [-0.1, -0.05) is 23.4 Å². The molecule has 1 aromatic rings. The minimum absolute atomic E-state index is 0.338. The van der Waals surface area contributed by atoms with E-state index < -0.39 is 0 Å². The third-order valence-corrected chi connectivity index (χ3v) is 1.71. The van der Waals surface area contributed by atoms with Crippen LogP contribution in [0.25, 0.3) is 0 Å². The molecule has 0 unspecified atom stereocenters. The van der Waals surface area contributed by atoms with Crippen LogP contribution in [0.4, 0.5) is 5.69 Å². The summed E-state index contributed by atoms with van der Waals surface area (Å²) in [5, 5.41) is 0.338. The number of hydrogen-bond acceptors (Lipinski definition) is 3. The van der Waals surface area contributed by atoms with Crippen LogP contribution in [0.1, 0.15) is 12.0 Å². The largest absolute Gasteiger partial charge is 0.398 e. The van der Waals surface area contributed by atoms with E-state index in [1.54, 1.807) is 12.3 Å². The number of nitrogens with two attached hydrogens (primary N) is 2. The molecule has 13 heavy (non-hydrogen) atoms. The molecule has 0 saturated carbocycles. The molecule has 3 nitrogen and oxygen atoms in total. The van der Waals surface area contributed by atoms with Crippen LogP contribution in [-0.2, 0) is 0 Å². The van der Waals surface area contributed by atoms with E-state index in [0.717, 1.165) is 0 Å². The van der Waals surface area contributed by atoms with Crippen molar-refractivity contribution in [1.82, 2.24) is 4.98 Å². The molecule has 68 valence electrons. The van der Waals surface area contributed by atoms with E-state index in [4.69, 9.17) is 23.1 Å². The van der Waals surface area contributed by atoms with Gasteiger partial charge in [-0.2, -0.15) is 0 Å². The molecule has 0 bridgehead atoms. The summed E-state index contributed by atoms with van der Waals surface area (Å²) in [5.41, 5.74) is 12.1. The SMILES string of the molecule is NCCC#Cc1c(N)ccnc1Cl. The zero-order chi connectivity index (χ0) is 9.68. The highest BCUT2D eigenvalue weighted by Crippen LogP contribution is 2.17. The maximum atomic E-state index is 5.78. The monoisotopic (exact) mass is 195 g/mol. The van der Waals surface area contributed by atoms with E-state index >= 15 is 0 Å². The van der Waals surface area contributed by atoms with Gasteiger partial charge < -0.3 is 11.5 Å². The second-order valence-electron chi connectivity index (χ2n) is 2.41. The molecule has 1 heterocycles. The Labute approximate surface area is 82.1 Å². The fourth-order valence-corrected chi connectivity index (χ4v) is 1.01. The number of aromatic nitrogens is 1. The quantitative estimate of drug-likeness (QED) is 0.520. The van der Waals surface area contributed by atoms with Gasteiger partial charge in [0.05, 0.1) is 11.3 Å². The van der Waals surface area contributed by atoms with E-state index in [2.05, 4.69) is 16.8 Å². The molecule has 0 atom stereocenters. The fourth-order valence-electron chi connectivity index (χ4n) is 0.797. The Balaban J connectivity index is 2.95. The number of nitrogens with zero attached hydrogens (tertiary/aromatic N) is 1. The molecule has 0 amide bonds. The molecular weight excluding hydrogens is 186 g/mol. The smallest absolute Gasteiger partial charge is 0.146 e. The van der Waals surface area contributed by atoms with Crippen LogP contribution in [0, 0.1) is 11.8 Å². The normalized spacial score (nSPS) is 9.08. The number of hydrogen-bond donors (Lipinski definition) is 2. The Kier molecular flexibility index (Phi) is 3.56. The zero-order valence-electron chi connectivity index (χ0n) is 7.05. The molecule has 1 aromatic heterocycles. The average Bonchev–Trinajstić information content (AvgIpc) is 2.10. The molecule has 0 aromatic carbocycles. The molecule has 0 aliphatic rings. The summed E-state index contributed by atoms with van der Waals surface area (Å²) in [6.45, 7) is 0.533. The number of nitrogen functional groups attached to an aromatic ring is 1. The lowest BCUT2D eigenvalue weighted by Gasteiger charge is -1.98. The molecule has 0 saturated heterocycles. The number of pyridine rings is 1. The Morgan fingerprint density at radius 1 is 1.54 bits per heavy atom. The van der Waals surface area contributed by atoms with Gasteiger partial charge in [-0.25, -0.2) is 4.98 Å². The highest BCUT2D eigenvalue weighted by molar-refractivity contribution is 6.30. The highest BCUT2D eigenvalue weighted by atomic mass is 35.5. The van der Waals surface area contributed by atoms with Gasteiger partial charge in [0.15, 0.2) is 0 Å². The van der Waals surface area contributed by atoms with Gasteiger partial charge in [-0.3, -0.25) is 0 Å². The molecule has 0 spiro atoms. The summed E-state index contributed by atoms with van der Waals surface area (Å²) in [4.78, 5) is 3.87. The van der Waals surface area contributed by atoms with Crippen LogP contribution >= 0.6 is 11.6 Å². The predicted octanol–water partition coefficient (Wildman–Crippen LogP) is 1.02. The first-order chi connectivity index (χ1) is 6.25. The summed E-state index contributed by atoms with van der Waals surface area (Å²) in [7, 11) is 0. The van der Waals surface area contributed by atoms with Crippen LogP contribution in [0.5, 0.6) is 0 Å². The van der Waals surface area contributed by atoms with Crippen molar-refractivity contribution in [2.45, 2.75) is 6.42 Å². The molecule has 0 radical (unpaired) electrons. The van der Waals surface area contributed by atoms with E-state index in [1.807, 2.05) is 0 Å². The van der Waals surface area contributed by atoms with Crippen molar-refractivity contribution in [3.8, 4) is 11.8 Å². The van der Waals surface area contributed by atoms with Crippen molar-refractivity contribution in [1.29, 1.82) is 0 Å². The molecule has 1 rings (SSSR count). The molecule has 0 fully saturated rings. The first-order valence-electron chi connectivity index (χ1n) is 3.84. The minimum atomic E-state index is 0.338. The van der Waals surface area contributed by atoms with Crippen LogP contribution in [0.2, 0.25) is 5.15 Å². The van der Waals surface area contributed by atoms with Gasteiger partial charge in [0.25, 0.3) is 0 Å². The van der Waals surface area contributed by atoms with E-state index in [9.17, 15) is 0 Å². The zero-order valence-corrected chi connectivity index (χ0v) is 7.80. The second kappa shape index (κ2) is 4.70. The third kappa shape index (κ3) is 2.62. The lowest BCUT2D eigenvalue weighted by atomic mass is 10.2. The maximum absolute atomic E-state index is 5.78. The summed E-state index contributed by atoms with van der Waals surface area (Å²) < 4.78 is 0. The Bertz CT molecular complexity index is 331. The van der Waals surface area contributed by atoms with Crippen molar-refractivity contribution in [2.75, 3.05) is 12.3 Å². The summed E-state index contributed by atoms with van der Waals surface area (Å²) >= 11 is 5.78. The van der Waals surface area contributed by atoms with Gasteiger partial charge in [-0.15, -0.1) is 0 Å². The van der Waals surface area contributed by atoms with Crippen molar-refractivity contribution in [3.05, 3.63) is 23.0 Å². The van der Waals surface area contributed by atoms with Crippen LogP contribution in [0.15, 0.2) is 12.3 Å². The lowest BCUT2D eigenvalue weighted by Crippen LogP contribution is -1.96. The average molecular weight is 196 g/mol. The van der Waals surface area contributed by atoms with E-state index in [0.29, 0.717) is 29.4 Å². The Hall–Kier alpha value is -1.24. The van der Waals surface area contributed by atoms with Crippen LogP contribution in [0.3, 0.4) is 0 Å². The van der Waals surface area contributed by atoms with Crippen molar-refractivity contribution < 1.29 is 0 Å². The predicted molar refractivity (Wildman–Crippen MR) is 54.2 cm³/mol. The van der Waals surface area contributed by atoms with Crippen LogP contribution in [-0.4, -0.2) is 11.5 Å². The molecule has 4 N–H and O–H groups in total. The first kappa shape index (κ1) is 9.85. The van der Waals surface area contributed by atoms with E-state index in [-0.39, 0.29) is 0 Å². The fraction of sp³-hybridized carbons (Fsp3) is 0.222. The number of anilines is 1. The van der Waals surface area contributed by atoms with Gasteiger partial charge >= 0.3 is 0 Å². The molecule has 0 aliphatic heterocycles. The highest BCUT2D eigenvalue weighted by Gasteiger charge is 2.00. The van der Waals surface area contributed by atoms with Crippen LogP contribution < -0.4 is 11.5 Å². The van der Waals surface area contributed by atoms with Gasteiger partial charge in [-0.05, 0) is 6.07 Å². The second-order valence-corrected chi connectivity index (χ2v) is 2.76. The first-order valence-corrected chi connectivity index (χ1v) is 4.22. The maximum Gasteiger partial charge on any atom is 0.146 e. The number of rotatable bonds is 1. The van der Waals surface area contributed by atoms with E-state index in [1.165, 1.54) is 0 Å². The standard InChI is InChI=1S/C9H10ClN3/c10-9-7(3-1-2-5-11)8(12)4-6-13-9/h4,6H,2,5,11H2,(H2,12,13). The topological polar surface area (TPSA) is 64.9 Å². The lowest BCUT2D eigenvalue weighted by molar-refractivity contribution is 1.03. The number of halogens is 1. The van der Waals surface area contributed by atoms with Gasteiger partial charge in [0.2, 0.25) is 0 Å². The van der Waals surface area contributed by atoms with Crippen molar-refractivity contribution in [2.24, 2.45) is 5.73 Å². The van der Waals surface area contributed by atoms with Gasteiger partial charge in [0.1, 0.15) is 5.15 Å². The Morgan fingerprint density at radius 2 is 2.31 bits per heavy atom. The minimum Gasteiger partial charge on any atom is -0.398 e. The third-order valence-electron chi connectivity index (χ3n) is 1.42. The summed E-state index contributed by atoms with van der Waals surface area (Å²) in [6.07, 6.45) is 2.18. The van der Waals surface area contributed by atoms with Gasteiger partial charge in [0, 0.05) is 19.2 Å². The Morgan fingerprint density at radius 3 is 2.92 bits per heavy atom. The molecular formula is C9H10ClN3. The summed E-state index contributed by atoms with van der Waals surface area (Å²) in [5.74, 6) is 5.69. The molecule has 4 heteroatoms. The summed E-state index contributed by atoms with van der Waals surface area (Å²) in [6, 6.07) is 1.67. The molecule has 0 aliphatic carbocycles. The van der Waals surface area contributed by atoms with Crippen molar-refractivity contribution in [3.63, 3.8) is 0 Å². The van der Waals surface area contributed by atoms with Crippen molar-refractivity contribution >= 4 is 17.3 Å².